The molecule has 0 radical (unpaired) electrons. The van der Waals surface area contributed by atoms with E-state index in [9.17, 15) is 0 Å². The molecule has 212 valence electrons. The van der Waals surface area contributed by atoms with Crippen LogP contribution >= 0.6 is 11.6 Å². The van der Waals surface area contributed by atoms with Crippen molar-refractivity contribution in [3.05, 3.63) is 34.9 Å². The number of aliphatic carboxylic acids is 1. The highest BCUT2D eigenvalue weighted by molar-refractivity contribution is 6.30. The Kier molecular flexibility index (Phi) is 19.6. The third-order valence-corrected chi connectivity index (χ3v) is 5.51. The molecule has 0 saturated heterocycles. The highest BCUT2D eigenvalue weighted by Crippen LogP contribution is 2.18. The number of rotatable bonds is 10. The molecule has 0 aromatic heterocycles. The smallest absolute Gasteiger partial charge is 0.300 e. The van der Waals surface area contributed by atoms with Gasteiger partial charge in [0.2, 0.25) is 5.96 Å². The number of nitrogens with zero attached hydrogens (tertiary/aromatic N) is 3. The number of benzene rings is 1. The van der Waals surface area contributed by atoms with Gasteiger partial charge in [-0.2, -0.15) is 0 Å². The van der Waals surface area contributed by atoms with E-state index in [1.807, 2.05) is 12.1 Å². The van der Waals surface area contributed by atoms with Crippen molar-refractivity contribution in [1.82, 2.24) is 10.2 Å². The van der Waals surface area contributed by atoms with Crippen molar-refractivity contribution in [2.24, 2.45) is 9.98 Å². The van der Waals surface area contributed by atoms with E-state index < -0.39 is 11.6 Å². The van der Waals surface area contributed by atoms with Gasteiger partial charge in [-0.15, -0.1) is 0 Å². The summed E-state index contributed by atoms with van der Waals surface area (Å²) >= 11 is 5.97. The van der Waals surface area contributed by atoms with Crippen LogP contribution in [0.15, 0.2) is 34.3 Å². The zero-order chi connectivity index (χ0) is 29.5. The van der Waals surface area contributed by atoms with Gasteiger partial charge in [-0.05, 0) is 81.9 Å². The van der Waals surface area contributed by atoms with Crippen molar-refractivity contribution in [3.8, 4) is 35.5 Å². The van der Waals surface area contributed by atoms with Crippen LogP contribution in [0.4, 0.5) is 0 Å². The quantitative estimate of drug-likeness (QED) is 0.247. The Bertz CT molecular complexity index is 1080. The second kappa shape index (κ2) is 21.5. The van der Waals surface area contributed by atoms with Crippen LogP contribution in [0.3, 0.4) is 0 Å². The molecule has 1 heterocycles. The van der Waals surface area contributed by atoms with Gasteiger partial charge in [0.25, 0.3) is 5.97 Å². The minimum Gasteiger partial charge on any atom is -0.481 e. The van der Waals surface area contributed by atoms with Crippen molar-refractivity contribution in [2.45, 2.75) is 98.6 Å². The molecule has 7 heteroatoms. The highest BCUT2D eigenvalue weighted by atomic mass is 35.5. The molecule has 2 N–H and O–H groups in total. The molecule has 0 fully saturated rings. The summed E-state index contributed by atoms with van der Waals surface area (Å²) in [5, 5.41) is 11.6. The molecule has 0 aliphatic carbocycles. The van der Waals surface area contributed by atoms with Crippen molar-refractivity contribution in [1.29, 1.82) is 0 Å². The number of aryl methyl sites for hydroxylation is 1. The van der Waals surface area contributed by atoms with Gasteiger partial charge in [0, 0.05) is 32.0 Å². The van der Waals surface area contributed by atoms with Gasteiger partial charge >= 0.3 is 0 Å². The van der Waals surface area contributed by atoms with Crippen LogP contribution in [0.2, 0.25) is 5.02 Å². The summed E-state index contributed by atoms with van der Waals surface area (Å²) in [7, 11) is 2.12. The van der Waals surface area contributed by atoms with E-state index in [2.05, 4.69) is 85.7 Å². The number of carboxylic acids is 1. The summed E-state index contributed by atoms with van der Waals surface area (Å²) in [4.78, 5) is 20.8. The van der Waals surface area contributed by atoms with Crippen LogP contribution in [0.25, 0.3) is 0 Å². The lowest BCUT2D eigenvalue weighted by Gasteiger charge is -2.31. The maximum Gasteiger partial charge on any atom is 0.300 e. The topological polar surface area (TPSA) is 77.3 Å². The molecule has 0 amide bonds. The lowest BCUT2D eigenvalue weighted by Crippen LogP contribution is -2.48. The Balaban J connectivity index is 0.00000101. The van der Waals surface area contributed by atoms with Gasteiger partial charge < -0.3 is 15.3 Å². The second-order valence-corrected chi connectivity index (χ2v) is 9.88. The van der Waals surface area contributed by atoms with Crippen LogP contribution in [-0.4, -0.2) is 47.0 Å². The number of guanidine groups is 1. The third kappa shape index (κ3) is 20.3. The number of halogens is 1. The number of hydrogen-bond donors (Lipinski definition) is 2. The first-order valence-corrected chi connectivity index (χ1v) is 13.9. The van der Waals surface area contributed by atoms with Crippen LogP contribution in [0, 0.1) is 35.5 Å². The predicted octanol–water partition coefficient (Wildman–Crippen LogP) is 6.79. The summed E-state index contributed by atoms with van der Waals surface area (Å²) in [6.45, 7) is 12.0. The Morgan fingerprint density at radius 3 is 2.03 bits per heavy atom. The molecule has 1 aliphatic rings. The lowest BCUT2D eigenvalue weighted by molar-refractivity contribution is -0.134. The van der Waals surface area contributed by atoms with Crippen molar-refractivity contribution < 1.29 is 9.90 Å². The highest BCUT2D eigenvalue weighted by Gasteiger charge is 2.24. The maximum atomic E-state index is 9.00. The van der Waals surface area contributed by atoms with Crippen LogP contribution in [-0.2, 0) is 11.2 Å². The summed E-state index contributed by atoms with van der Waals surface area (Å²) < 4.78 is 0. The summed E-state index contributed by atoms with van der Waals surface area (Å²) in [6, 6.07) is 8.04. The fraction of sp³-hybridized carbons (Fsp3) is 0.531. The molecular weight excluding hydrogens is 508 g/mol. The van der Waals surface area contributed by atoms with E-state index in [1.165, 1.54) is 44.1 Å². The molecule has 0 spiro atoms. The Morgan fingerprint density at radius 2 is 1.49 bits per heavy atom. The molecule has 6 nitrogen and oxygen atoms in total. The SMILES string of the molecule is CC#CC#CC#CC.CC(=O)O.CCCCCCCCN(C)C1=NC(C)(C)N=C(CCc2ccc(Cl)cc2)N1. The zero-order valence-corrected chi connectivity index (χ0v) is 25.5. The van der Waals surface area contributed by atoms with Gasteiger partial charge in [0.15, 0.2) is 0 Å². The summed E-state index contributed by atoms with van der Waals surface area (Å²) in [5.41, 5.74) is 0.858. The summed E-state index contributed by atoms with van der Waals surface area (Å²) in [5.74, 6) is 16.6. The van der Waals surface area contributed by atoms with Gasteiger partial charge in [-0.1, -0.05) is 74.6 Å². The molecule has 39 heavy (non-hydrogen) atoms. The summed E-state index contributed by atoms with van der Waals surface area (Å²) in [6.07, 6.45) is 9.65. The van der Waals surface area contributed by atoms with E-state index >= 15 is 0 Å². The predicted molar refractivity (Wildman–Crippen MR) is 166 cm³/mol. The first kappa shape index (κ1) is 35.6. The number of unbranched alkanes of at least 4 members (excludes halogenated alkanes) is 5. The third-order valence-electron chi connectivity index (χ3n) is 5.25. The molecule has 0 bridgehead atoms. The first-order chi connectivity index (χ1) is 18.5. The number of amidine groups is 1. The van der Waals surface area contributed by atoms with E-state index in [-0.39, 0.29) is 0 Å². The molecule has 1 aliphatic heterocycles. The standard InChI is InChI=1S/C22H35ClN4.C8H6.C2H4O2/c1-5-6-7-8-9-10-17-27(4)21-24-20(25-22(2,3)26-21)16-13-18-11-14-19(23)15-12-18;1-3-5-7-8-6-4-2;1-2(3)4/h11-12,14-15H,5-10,13,16-17H2,1-4H3,(H,24,25,26);1-2H3;1H3,(H,3,4). The second-order valence-electron chi connectivity index (χ2n) is 9.45. The van der Waals surface area contributed by atoms with Gasteiger partial charge in [0.05, 0.1) is 0 Å². The molecule has 0 unspecified atom stereocenters. The van der Waals surface area contributed by atoms with E-state index in [0.717, 1.165) is 43.1 Å². The maximum absolute atomic E-state index is 9.00. The van der Waals surface area contributed by atoms with Crippen molar-refractivity contribution in [3.63, 3.8) is 0 Å². The normalized spacial score (nSPS) is 12.3. The van der Waals surface area contributed by atoms with E-state index in [1.54, 1.807) is 13.8 Å². The monoisotopic (exact) mass is 552 g/mol. The van der Waals surface area contributed by atoms with Gasteiger partial charge in [-0.25, -0.2) is 9.98 Å². The Labute approximate surface area is 241 Å². The number of carboxylic acid groups (broad SMARTS) is 1. The van der Waals surface area contributed by atoms with Gasteiger partial charge in [-0.3, -0.25) is 4.79 Å². The average Bonchev–Trinajstić information content (AvgIpc) is 2.87. The largest absolute Gasteiger partial charge is 0.481 e. The van der Waals surface area contributed by atoms with Crippen LogP contribution in [0.1, 0.15) is 92.1 Å². The van der Waals surface area contributed by atoms with Crippen molar-refractivity contribution in [2.75, 3.05) is 13.6 Å². The average molecular weight is 553 g/mol. The van der Waals surface area contributed by atoms with Gasteiger partial charge in [0.1, 0.15) is 11.5 Å². The number of hydrogen-bond acceptors (Lipinski definition) is 5. The van der Waals surface area contributed by atoms with E-state index in [4.69, 9.17) is 31.5 Å². The van der Waals surface area contributed by atoms with Crippen molar-refractivity contribution >= 4 is 29.4 Å². The van der Waals surface area contributed by atoms with Crippen LogP contribution < -0.4 is 5.32 Å². The molecule has 1 aromatic carbocycles. The van der Waals surface area contributed by atoms with Crippen LogP contribution in [0.5, 0.6) is 0 Å². The zero-order valence-electron chi connectivity index (χ0n) is 24.7. The number of aliphatic imine (C=N–C) groups is 2. The number of nitrogens with one attached hydrogen (secondary N) is 1. The minimum absolute atomic E-state index is 0.411. The first-order valence-electron chi connectivity index (χ1n) is 13.5. The molecule has 1 aromatic rings. The van der Waals surface area contributed by atoms with E-state index in [0.29, 0.717) is 0 Å². The number of carbonyl (C=O) groups is 1. The fourth-order valence-corrected chi connectivity index (χ4v) is 3.56. The molecule has 0 atom stereocenters. The molecule has 0 saturated carbocycles. The molecule has 2 rings (SSSR count). The lowest BCUT2D eigenvalue weighted by atomic mass is 10.1. The minimum atomic E-state index is -0.833. The Morgan fingerprint density at radius 1 is 0.949 bits per heavy atom. The fourth-order valence-electron chi connectivity index (χ4n) is 3.44. The Hall–Kier alpha value is -3.40. The molecular formula is C32H45ClN4O2.